The van der Waals surface area contributed by atoms with Crippen LogP contribution in [0.4, 0.5) is 0 Å². The van der Waals surface area contributed by atoms with E-state index in [2.05, 4.69) is 20.7 Å². The first-order chi connectivity index (χ1) is 16.6. The predicted molar refractivity (Wildman–Crippen MR) is 136 cm³/mol. The number of aromatic nitrogens is 3. The van der Waals surface area contributed by atoms with Crippen LogP contribution >= 0.6 is 11.8 Å². The van der Waals surface area contributed by atoms with Gasteiger partial charge in [0.15, 0.2) is 11.0 Å². The van der Waals surface area contributed by atoms with Crippen molar-refractivity contribution in [2.45, 2.75) is 19.0 Å². The lowest BCUT2D eigenvalue weighted by Crippen LogP contribution is -2.20. The van der Waals surface area contributed by atoms with E-state index in [9.17, 15) is 4.79 Å². The molecule has 7 nitrogen and oxygen atoms in total. The van der Waals surface area contributed by atoms with Gasteiger partial charge in [0, 0.05) is 11.3 Å². The lowest BCUT2D eigenvalue weighted by molar-refractivity contribution is -0.118. The SMILES string of the molecule is CCOc1ccc(C=NNC(=O)CSc2nnc(-c3ccc(C)cc3)n2-c2ccccc2)cc1. The molecule has 0 aliphatic rings. The highest BCUT2D eigenvalue weighted by Gasteiger charge is 2.17. The molecule has 0 atom stereocenters. The van der Waals surface area contributed by atoms with Crippen molar-refractivity contribution in [3.63, 3.8) is 0 Å². The summed E-state index contributed by atoms with van der Waals surface area (Å²) in [6.07, 6.45) is 1.60. The zero-order valence-electron chi connectivity index (χ0n) is 19.0. The molecule has 0 unspecified atom stereocenters. The summed E-state index contributed by atoms with van der Waals surface area (Å²) < 4.78 is 7.39. The molecule has 0 bridgehead atoms. The molecule has 8 heteroatoms. The van der Waals surface area contributed by atoms with Crippen LogP contribution in [0.3, 0.4) is 0 Å². The molecule has 1 N–H and O–H groups in total. The standard InChI is InChI=1S/C26H25N5O2S/c1-3-33-23-15-11-20(12-16-23)17-27-28-24(32)18-34-26-30-29-25(21-13-9-19(2)10-14-21)31(26)22-7-5-4-6-8-22/h4-17H,3,18H2,1-2H3,(H,28,32). The Balaban J connectivity index is 1.44. The summed E-state index contributed by atoms with van der Waals surface area (Å²) in [6, 6.07) is 25.5. The summed E-state index contributed by atoms with van der Waals surface area (Å²) in [5.41, 5.74) is 6.49. The Morgan fingerprint density at radius 1 is 1.03 bits per heavy atom. The van der Waals surface area contributed by atoms with E-state index in [0.29, 0.717) is 11.8 Å². The average Bonchev–Trinajstić information content (AvgIpc) is 3.29. The highest BCUT2D eigenvalue weighted by Crippen LogP contribution is 2.28. The largest absolute Gasteiger partial charge is 0.494 e. The van der Waals surface area contributed by atoms with Crippen molar-refractivity contribution >= 4 is 23.9 Å². The van der Waals surface area contributed by atoms with E-state index in [4.69, 9.17) is 4.74 Å². The topological polar surface area (TPSA) is 81.4 Å². The van der Waals surface area contributed by atoms with Gasteiger partial charge in [-0.25, -0.2) is 5.43 Å². The number of rotatable bonds is 9. The molecule has 34 heavy (non-hydrogen) atoms. The number of nitrogens with zero attached hydrogens (tertiary/aromatic N) is 4. The van der Waals surface area contributed by atoms with Crippen LogP contribution in [0.1, 0.15) is 18.1 Å². The fraction of sp³-hybridized carbons (Fsp3) is 0.154. The highest BCUT2D eigenvalue weighted by molar-refractivity contribution is 7.99. The zero-order chi connectivity index (χ0) is 23.8. The van der Waals surface area contributed by atoms with Gasteiger partial charge in [-0.05, 0) is 55.8 Å². The Kier molecular flexibility index (Phi) is 7.72. The first-order valence-electron chi connectivity index (χ1n) is 10.9. The minimum atomic E-state index is -0.230. The highest BCUT2D eigenvalue weighted by atomic mass is 32.2. The molecular weight excluding hydrogens is 446 g/mol. The smallest absolute Gasteiger partial charge is 0.250 e. The Bertz CT molecular complexity index is 1250. The van der Waals surface area contributed by atoms with Gasteiger partial charge in [-0.1, -0.05) is 59.8 Å². The Hall–Kier alpha value is -3.91. The van der Waals surface area contributed by atoms with Crippen LogP contribution < -0.4 is 10.2 Å². The third-order valence-electron chi connectivity index (χ3n) is 4.88. The van der Waals surface area contributed by atoms with Crippen LogP contribution in [-0.2, 0) is 4.79 Å². The number of nitrogens with one attached hydrogen (secondary N) is 1. The van der Waals surface area contributed by atoms with E-state index in [1.165, 1.54) is 17.3 Å². The molecule has 0 saturated heterocycles. The Morgan fingerprint density at radius 3 is 2.47 bits per heavy atom. The summed E-state index contributed by atoms with van der Waals surface area (Å²) in [5.74, 6) is 1.45. The van der Waals surface area contributed by atoms with Gasteiger partial charge in [-0.15, -0.1) is 10.2 Å². The minimum Gasteiger partial charge on any atom is -0.494 e. The Morgan fingerprint density at radius 2 is 1.76 bits per heavy atom. The normalized spacial score (nSPS) is 11.0. The molecule has 1 heterocycles. The molecular formula is C26H25N5O2S. The van der Waals surface area contributed by atoms with Gasteiger partial charge >= 0.3 is 0 Å². The second-order valence-electron chi connectivity index (χ2n) is 7.43. The third kappa shape index (κ3) is 5.90. The van der Waals surface area contributed by atoms with Crippen LogP contribution in [0.15, 0.2) is 89.1 Å². The summed E-state index contributed by atoms with van der Waals surface area (Å²) in [5, 5.41) is 13.5. The van der Waals surface area contributed by atoms with E-state index < -0.39 is 0 Å². The van der Waals surface area contributed by atoms with Gasteiger partial charge < -0.3 is 4.74 Å². The van der Waals surface area contributed by atoms with Gasteiger partial charge in [0.2, 0.25) is 0 Å². The summed E-state index contributed by atoms with van der Waals surface area (Å²) in [4.78, 5) is 12.4. The molecule has 0 aliphatic carbocycles. The van der Waals surface area contributed by atoms with Crippen molar-refractivity contribution < 1.29 is 9.53 Å². The molecule has 0 saturated carbocycles. The maximum absolute atomic E-state index is 12.4. The van der Waals surface area contributed by atoms with Crippen molar-refractivity contribution in [3.8, 4) is 22.8 Å². The molecule has 0 fully saturated rings. The zero-order valence-corrected chi connectivity index (χ0v) is 19.8. The van der Waals surface area contributed by atoms with Gasteiger partial charge in [-0.2, -0.15) is 5.10 Å². The molecule has 4 rings (SSSR count). The molecule has 4 aromatic rings. The van der Waals surface area contributed by atoms with Crippen LogP contribution in [0.2, 0.25) is 0 Å². The summed E-state index contributed by atoms with van der Waals surface area (Å²) >= 11 is 1.31. The quantitative estimate of drug-likeness (QED) is 0.214. The van der Waals surface area contributed by atoms with E-state index in [1.54, 1.807) is 6.21 Å². The van der Waals surface area contributed by atoms with Gasteiger partial charge in [0.1, 0.15) is 5.75 Å². The fourth-order valence-electron chi connectivity index (χ4n) is 3.22. The van der Waals surface area contributed by atoms with Gasteiger partial charge in [0.25, 0.3) is 5.91 Å². The molecule has 172 valence electrons. The first kappa shape index (κ1) is 23.3. The fourth-order valence-corrected chi connectivity index (χ4v) is 3.97. The molecule has 1 amide bonds. The lowest BCUT2D eigenvalue weighted by Gasteiger charge is -2.10. The van der Waals surface area contributed by atoms with E-state index in [1.807, 2.05) is 97.3 Å². The third-order valence-corrected chi connectivity index (χ3v) is 5.81. The average molecular weight is 472 g/mol. The van der Waals surface area contributed by atoms with Gasteiger partial charge in [0.05, 0.1) is 18.6 Å². The van der Waals surface area contributed by atoms with Crippen molar-refractivity contribution in [1.82, 2.24) is 20.2 Å². The maximum Gasteiger partial charge on any atom is 0.250 e. The van der Waals surface area contributed by atoms with Crippen LogP contribution in [0.5, 0.6) is 5.75 Å². The van der Waals surface area contributed by atoms with Gasteiger partial charge in [-0.3, -0.25) is 9.36 Å². The summed E-state index contributed by atoms with van der Waals surface area (Å²) in [7, 11) is 0. The monoisotopic (exact) mass is 471 g/mol. The van der Waals surface area contributed by atoms with Crippen LogP contribution in [0.25, 0.3) is 17.1 Å². The molecule has 1 aromatic heterocycles. The number of hydrazone groups is 1. The van der Waals surface area contributed by atoms with Crippen molar-refractivity contribution in [3.05, 3.63) is 90.0 Å². The maximum atomic E-state index is 12.4. The number of para-hydroxylation sites is 1. The first-order valence-corrected chi connectivity index (χ1v) is 11.9. The predicted octanol–water partition coefficient (Wildman–Crippen LogP) is 4.88. The van der Waals surface area contributed by atoms with E-state index in [-0.39, 0.29) is 11.7 Å². The number of hydrogen-bond donors (Lipinski definition) is 1. The van der Waals surface area contributed by atoms with Crippen molar-refractivity contribution in [2.75, 3.05) is 12.4 Å². The minimum absolute atomic E-state index is 0.152. The second kappa shape index (κ2) is 11.3. The summed E-state index contributed by atoms with van der Waals surface area (Å²) in [6.45, 7) is 4.60. The number of hydrogen-bond acceptors (Lipinski definition) is 6. The van der Waals surface area contributed by atoms with Crippen LogP contribution in [0, 0.1) is 6.92 Å². The number of thioether (sulfide) groups is 1. The number of carbonyl (C=O) groups is 1. The van der Waals surface area contributed by atoms with Crippen molar-refractivity contribution in [1.29, 1.82) is 0 Å². The lowest BCUT2D eigenvalue weighted by atomic mass is 10.1. The van der Waals surface area contributed by atoms with Crippen molar-refractivity contribution in [2.24, 2.45) is 5.10 Å². The molecule has 3 aromatic carbocycles. The second-order valence-corrected chi connectivity index (χ2v) is 8.37. The Labute approximate surface area is 202 Å². The van der Waals surface area contributed by atoms with Crippen LogP contribution in [-0.4, -0.2) is 39.2 Å². The molecule has 0 radical (unpaired) electrons. The molecule has 0 spiro atoms. The number of aryl methyl sites for hydroxylation is 1. The number of ether oxygens (including phenoxy) is 1. The number of amides is 1. The van der Waals surface area contributed by atoms with E-state index >= 15 is 0 Å². The van der Waals surface area contributed by atoms with E-state index in [0.717, 1.165) is 28.4 Å². The molecule has 0 aliphatic heterocycles. The number of carbonyl (C=O) groups excluding carboxylic acids is 1. The number of benzene rings is 3.